The number of aliphatic hydroxyl groups is 1. The number of benzene rings is 2. The smallest absolute Gasteiger partial charge is 0.290 e. The van der Waals surface area contributed by atoms with E-state index in [4.69, 9.17) is 27.6 Å². The van der Waals surface area contributed by atoms with E-state index in [1.807, 2.05) is 13.8 Å². The second kappa shape index (κ2) is 9.59. The Labute approximate surface area is 202 Å². The minimum absolute atomic E-state index is 0.00739. The Morgan fingerprint density at radius 1 is 1.06 bits per heavy atom. The molecule has 0 saturated heterocycles. The zero-order chi connectivity index (χ0) is 23.7. The van der Waals surface area contributed by atoms with Crippen molar-refractivity contribution in [3.63, 3.8) is 0 Å². The van der Waals surface area contributed by atoms with Crippen LogP contribution in [-0.2, 0) is 4.79 Å². The Morgan fingerprint density at radius 3 is 2.39 bits per heavy atom. The number of amides is 1. The fraction of sp³-hybridized carbons (Fsp3) is 0.280. The van der Waals surface area contributed by atoms with E-state index >= 15 is 0 Å². The summed E-state index contributed by atoms with van der Waals surface area (Å²) in [4.78, 5) is 30.3. The standard InChI is InChI=1S/C25H24Cl2N2O4/c1-3-28(4-2)11-12-29-22(15-5-7-17(26)8-6-15)21(24(31)25(29)32)23(30)20-14-16-13-18(27)9-10-19(16)33-20/h5-10,13-14,22,31H,3-4,11-12H2,1-2H3. The van der Waals surface area contributed by atoms with Crippen LogP contribution in [-0.4, -0.2) is 52.8 Å². The first kappa shape index (κ1) is 23.4. The van der Waals surface area contributed by atoms with Crippen molar-refractivity contribution in [2.24, 2.45) is 0 Å². The third-order valence-corrected chi connectivity index (χ3v) is 6.47. The molecule has 0 fully saturated rings. The van der Waals surface area contributed by atoms with Gasteiger partial charge in [-0.1, -0.05) is 49.2 Å². The van der Waals surface area contributed by atoms with Crippen molar-refractivity contribution in [2.45, 2.75) is 19.9 Å². The molecular formula is C25H24Cl2N2O4. The van der Waals surface area contributed by atoms with Gasteiger partial charge >= 0.3 is 0 Å². The molecule has 1 aromatic heterocycles. The Bertz CT molecular complexity index is 1230. The Balaban J connectivity index is 1.75. The molecule has 3 aromatic rings. The van der Waals surface area contributed by atoms with E-state index in [2.05, 4.69) is 4.90 Å². The van der Waals surface area contributed by atoms with Crippen molar-refractivity contribution in [1.29, 1.82) is 0 Å². The molecule has 0 saturated carbocycles. The fourth-order valence-corrected chi connectivity index (χ4v) is 4.46. The number of Topliss-reactive ketones (excluding diaryl/α,β-unsaturated/α-hetero) is 1. The average Bonchev–Trinajstić information content (AvgIpc) is 3.33. The monoisotopic (exact) mass is 486 g/mol. The number of nitrogens with zero attached hydrogens (tertiary/aromatic N) is 2. The lowest BCUT2D eigenvalue weighted by molar-refractivity contribution is -0.129. The van der Waals surface area contributed by atoms with Crippen LogP contribution < -0.4 is 0 Å². The van der Waals surface area contributed by atoms with Crippen molar-refractivity contribution in [3.8, 4) is 0 Å². The van der Waals surface area contributed by atoms with Crippen LogP contribution in [0.1, 0.15) is 36.0 Å². The van der Waals surface area contributed by atoms with Gasteiger partial charge < -0.3 is 19.3 Å². The number of hydrogen-bond acceptors (Lipinski definition) is 5. The molecule has 0 spiro atoms. The molecule has 0 bridgehead atoms. The Kier molecular flexibility index (Phi) is 6.79. The maximum absolute atomic E-state index is 13.5. The number of ketones is 1. The lowest BCUT2D eigenvalue weighted by atomic mass is 9.95. The summed E-state index contributed by atoms with van der Waals surface area (Å²) in [6, 6.07) is 12.8. The number of furan rings is 1. The summed E-state index contributed by atoms with van der Waals surface area (Å²) in [7, 11) is 0. The molecule has 2 heterocycles. The predicted molar refractivity (Wildman–Crippen MR) is 129 cm³/mol. The van der Waals surface area contributed by atoms with Crippen LogP contribution in [0.4, 0.5) is 0 Å². The van der Waals surface area contributed by atoms with Crippen LogP contribution in [0.2, 0.25) is 10.0 Å². The summed E-state index contributed by atoms with van der Waals surface area (Å²) >= 11 is 12.1. The van der Waals surface area contributed by atoms with E-state index < -0.39 is 23.5 Å². The first-order valence-electron chi connectivity index (χ1n) is 10.8. The molecule has 8 heteroatoms. The average molecular weight is 487 g/mol. The summed E-state index contributed by atoms with van der Waals surface area (Å²) in [5.41, 5.74) is 1.17. The molecule has 2 aromatic carbocycles. The second-order valence-electron chi connectivity index (χ2n) is 7.86. The van der Waals surface area contributed by atoms with Gasteiger partial charge in [0.15, 0.2) is 11.5 Å². The Hall–Kier alpha value is -2.80. The molecule has 1 amide bonds. The van der Waals surface area contributed by atoms with Crippen LogP contribution in [0, 0.1) is 0 Å². The van der Waals surface area contributed by atoms with E-state index in [-0.39, 0.29) is 11.3 Å². The number of fused-ring (bicyclic) bond motifs is 1. The Morgan fingerprint density at radius 2 is 1.73 bits per heavy atom. The number of rotatable bonds is 8. The third kappa shape index (κ3) is 4.51. The quantitative estimate of drug-likeness (QED) is 0.415. The van der Waals surface area contributed by atoms with Gasteiger partial charge in [-0.3, -0.25) is 9.59 Å². The van der Waals surface area contributed by atoms with E-state index in [0.717, 1.165) is 13.1 Å². The molecule has 1 unspecified atom stereocenters. The van der Waals surface area contributed by atoms with Gasteiger partial charge in [0.25, 0.3) is 5.91 Å². The fourth-order valence-electron chi connectivity index (χ4n) is 4.16. The van der Waals surface area contributed by atoms with Gasteiger partial charge in [0.1, 0.15) is 5.58 Å². The predicted octanol–water partition coefficient (Wildman–Crippen LogP) is 5.66. The lowest BCUT2D eigenvalue weighted by Crippen LogP contribution is -2.38. The van der Waals surface area contributed by atoms with Crippen molar-refractivity contribution in [1.82, 2.24) is 9.80 Å². The minimum Gasteiger partial charge on any atom is -0.503 e. The maximum Gasteiger partial charge on any atom is 0.290 e. The summed E-state index contributed by atoms with van der Waals surface area (Å²) in [6.07, 6.45) is 0. The van der Waals surface area contributed by atoms with Gasteiger partial charge in [0, 0.05) is 28.5 Å². The largest absolute Gasteiger partial charge is 0.503 e. The second-order valence-corrected chi connectivity index (χ2v) is 8.74. The number of hydrogen-bond donors (Lipinski definition) is 1. The number of likely N-dealkylation sites (N-methyl/N-ethyl adjacent to an activating group) is 1. The van der Waals surface area contributed by atoms with Crippen molar-refractivity contribution >= 4 is 45.9 Å². The van der Waals surface area contributed by atoms with Gasteiger partial charge in [-0.25, -0.2) is 0 Å². The van der Waals surface area contributed by atoms with Crippen LogP contribution >= 0.6 is 23.2 Å². The summed E-state index contributed by atoms with van der Waals surface area (Å²) in [5, 5.41) is 12.5. The normalized spacial score (nSPS) is 16.5. The highest BCUT2D eigenvalue weighted by atomic mass is 35.5. The topological polar surface area (TPSA) is 74.0 Å². The molecule has 1 aliphatic heterocycles. The summed E-state index contributed by atoms with van der Waals surface area (Å²) < 4.78 is 5.74. The summed E-state index contributed by atoms with van der Waals surface area (Å²) in [6.45, 7) is 6.72. The molecule has 4 rings (SSSR count). The van der Waals surface area contributed by atoms with E-state index in [9.17, 15) is 14.7 Å². The molecule has 6 nitrogen and oxygen atoms in total. The van der Waals surface area contributed by atoms with Crippen LogP contribution in [0.3, 0.4) is 0 Å². The highest BCUT2D eigenvalue weighted by Gasteiger charge is 2.44. The lowest BCUT2D eigenvalue weighted by Gasteiger charge is -2.29. The molecule has 0 aliphatic carbocycles. The van der Waals surface area contributed by atoms with E-state index in [0.29, 0.717) is 39.7 Å². The van der Waals surface area contributed by atoms with Crippen molar-refractivity contribution < 1.29 is 19.1 Å². The molecule has 1 aliphatic rings. The molecule has 0 radical (unpaired) electrons. The SMILES string of the molecule is CCN(CC)CCN1C(=O)C(O)=C(C(=O)c2cc3cc(Cl)ccc3o2)C1c1ccc(Cl)cc1. The number of carbonyl (C=O) groups is 2. The zero-order valence-corrected chi connectivity index (χ0v) is 19.9. The van der Waals surface area contributed by atoms with E-state index in [1.54, 1.807) is 48.5 Å². The van der Waals surface area contributed by atoms with Crippen LogP contribution in [0.25, 0.3) is 11.0 Å². The van der Waals surface area contributed by atoms with Gasteiger partial charge in [-0.2, -0.15) is 0 Å². The number of halogens is 2. The highest BCUT2D eigenvalue weighted by molar-refractivity contribution is 6.31. The zero-order valence-electron chi connectivity index (χ0n) is 18.3. The number of carbonyl (C=O) groups excluding carboxylic acids is 2. The van der Waals surface area contributed by atoms with Gasteiger partial charge in [-0.05, 0) is 55.1 Å². The van der Waals surface area contributed by atoms with Crippen LogP contribution in [0.15, 0.2) is 64.3 Å². The molecule has 172 valence electrons. The molecule has 33 heavy (non-hydrogen) atoms. The van der Waals surface area contributed by atoms with Gasteiger partial charge in [0.2, 0.25) is 5.78 Å². The maximum atomic E-state index is 13.5. The molecular weight excluding hydrogens is 463 g/mol. The van der Waals surface area contributed by atoms with Gasteiger partial charge in [0.05, 0.1) is 11.6 Å². The van der Waals surface area contributed by atoms with Crippen molar-refractivity contribution in [3.05, 3.63) is 81.2 Å². The first-order chi connectivity index (χ1) is 15.8. The van der Waals surface area contributed by atoms with E-state index in [1.165, 1.54) is 4.90 Å². The highest BCUT2D eigenvalue weighted by Crippen LogP contribution is 2.40. The minimum atomic E-state index is -0.755. The first-order valence-corrected chi connectivity index (χ1v) is 11.5. The molecule has 1 atom stereocenters. The number of aliphatic hydroxyl groups excluding tert-OH is 1. The third-order valence-electron chi connectivity index (χ3n) is 5.99. The van der Waals surface area contributed by atoms with Crippen molar-refractivity contribution in [2.75, 3.05) is 26.2 Å². The molecule has 1 N–H and O–H groups in total. The summed E-state index contributed by atoms with van der Waals surface area (Å²) in [5.74, 6) is -1.65. The van der Waals surface area contributed by atoms with Gasteiger partial charge in [-0.15, -0.1) is 0 Å². The van der Waals surface area contributed by atoms with Crippen LogP contribution in [0.5, 0.6) is 0 Å².